The Morgan fingerprint density at radius 3 is 2.33 bits per heavy atom. The lowest BCUT2D eigenvalue weighted by atomic mass is 9.89. The summed E-state index contributed by atoms with van der Waals surface area (Å²) in [5, 5.41) is 18.2. The molecule has 2 aliphatic heterocycles. The van der Waals surface area contributed by atoms with Crippen LogP contribution in [0.15, 0.2) is 30.3 Å². The molecule has 9 unspecified atom stereocenters. The molecular weight excluding hydrogens is 657 g/mol. The van der Waals surface area contributed by atoms with E-state index in [4.69, 9.17) is 9.47 Å². The van der Waals surface area contributed by atoms with Crippen molar-refractivity contribution in [2.24, 2.45) is 17.8 Å². The molecular formula is C38H62FN5O7. The van der Waals surface area contributed by atoms with E-state index in [-0.39, 0.29) is 61.2 Å². The zero-order valence-corrected chi connectivity index (χ0v) is 31.8. The predicted octanol–water partition coefficient (Wildman–Crippen LogP) is 3.03. The summed E-state index contributed by atoms with van der Waals surface area (Å²) >= 11 is 0. The molecule has 9 atom stereocenters. The monoisotopic (exact) mass is 719 g/mol. The van der Waals surface area contributed by atoms with Crippen molar-refractivity contribution in [3.8, 4) is 0 Å². The highest BCUT2D eigenvalue weighted by atomic mass is 19.1. The summed E-state index contributed by atoms with van der Waals surface area (Å²) < 4.78 is 27.3. The molecule has 288 valence electrons. The van der Waals surface area contributed by atoms with Crippen LogP contribution in [0.3, 0.4) is 0 Å². The molecule has 0 saturated carbocycles. The minimum absolute atomic E-state index is 0.0573. The lowest BCUT2D eigenvalue weighted by Crippen LogP contribution is -2.59. The van der Waals surface area contributed by atoms with Gasteiger partial charge in [0.2, 0.25) is 17.5 Å². The van der Waals surface area contributed by atoms with Crippen molar-refractivity contribution in [2.75, 3.05) is 47.4 Å². The van der Waals surface area contributed by atoms with Crippen LogP contribution in [-0.2, 0) is 35.1 Å². The van der Waals surface area contributed by atoms with Gasteiger partial charge in [0, 0.05) is 53.2 Å². The number of carbonyl (C=O) groups is 4. The minimum atomic E-state index is -2.04. The number of ether oxygens (including phenoxy) is 2. The van der Waals surface area contributed by atoms with E-state index < -0.39 is 41.7 Å². The molecule has 2 aliphatic rings. The third kappa shape index (κ3) is 10.9. The Kier molecular flexibility index (Phi) is 16.3. The molecule has 2 saturated heterocycles. The number of nitrogens with one attached hydrogen (secondary N) is 3. The van der Waals surface area contributed by atoms with E-state index in [9.17, 15) is 24.3 Å². The molecule has 12 nitrogen and oxygen atoms in total. The van der Waals surface area contributed by atoms with Crippen molar-refractivity contribution < 1.29 is 38.1 Å². The van der Waals surface area contributed by atoms with Crippen LogP contribution in [0.4, 0.5) is 4.39 Å². The SMILES string of the molecule is CCC(C)C(C(CCN1CCCC1C(OC)C(C)C(=O)NC(Cc1ccccc1)C(=O)O)OC)N(C)C(=O)C(NC(=O)C1(F)CCNC1)C(C)C. The third-order valence-corrected chi connectivity index (χ3v) is 11.0. The highest BCUT2D eigenvalue weighted by Gasteiger charge is 2.45. The van der Waals surface area contributed by atoms with E-state index >= 15 is 4.39 Å². The summed E-state index contributed by atoms with van der Waals surface area (Å²) in [7, 11) is 4.95. The molecule has 2 heterocycles. The summed E-state index contributed by atoms with van der Waals surface area (Å²) in [6.07, 6.45) is 2.52. The van der Waals surface area contributed by atoms with Gasteiger partial charge in [-0.25, -0.2) is 9.18 Å². The van der Waals surface area contributed by atoms with Gasteiger partial charge >= 0.3 is 5.97 Å². The average Bonchev–Trinajstić information content (AvgIpc) is 3.78. The molecule has 0 bridgehead atoms. The third-order valence-electron chi connectivity index (χ3n) is 11.0. The Balaban J connectivity index is 1.71. The fourth-order valence-electron chi connectivity index (χ4n) is 7.66. The highest BCUT2D eigenvalue weighted by Crippen LogP contribution is 2.29. The number of rotatable bonds is 20. The van der Waals surface area contributed by atoms with Gasteiger partial charge in [-0.3, -0.25) is 19.3 Å². The maximum Gasteiger partial charge on any atom is 0.326 e. The van der Waals surface area contributed by atoms with Crippen molar-refractivity contribution in [3.63, 3.8) is 0 Å². The van der Waals surface area contributed by atoms with Crippen LogP contribution < -0.4 is 16.0 Å². The van der Waals surface area contributed by atoms with Crippen LogP contribution in [0.5, 0.6) is 0 Å². The van der Waals surface area contributed by atoms with Crippen LogP contribution >= 0.6 is 0 Å². The van der Waals surface area contributed by atoms with Crippen molar-refractivity contribution in [1.29, 1.82) is 0 Å². The van der Waals surface area contributed by atoms with Gasteiger partial charge in [-0.1, -0.05) is 71.4 Å². The first-order chi connectivity index (χ1) is 24.2. The summed E-state index contributed by atoms with van der Waals surface area (Å²) in [6.45, 7) is 11.3. The lowest BCUT2D eigenvalue weighted by molar-refractivity contribution is -0.145. The molecule has 0 aliphatic carbocycles. The first-order valence-corrected chi connectivity index (χ1v) is 18.5. The maximum absolute atomic E-state index is 15.3. The maximum atomic E-state index is 15.3. The Morgan fingerprint density at radius 2 is 1.78 bits per heavy atom. The fourth-order valence-corrected chi connectivity index (χ4v) is 7.66. The molecule has 0 radical (unpaired) electrons. The minimum Gasteiger partial charge on any atom is -0.480 e. The van der Waals surface area contributed by atoms with Crippen LogP contribution in [0.2, 0.25) is 0 Å². The van der Waals surface area contributed by atoms with E-state index in [0.717, 1.165) is 31.4 Å². The first-order valence-electron chi connectivity index (χ1n) is 18.5. The Labute approximate surface area is 303 Å². The van der Waals surface area contributed by atoms with Gasteiger partial charge in [-0.15, -0.1) is 0 Å². The van der Waals surface area contributed by atoms with Gasteiger partial charge < -0.3 is 35.4 Å². The lowest BCUT2D eigenvalue weighted by Gasteiger charge is -2.41. The number of carboxylic acids is 1. The van der Waals surface area contributed by atoms with Crippen molar-refractivity contribution >= 4 is 23.7 Å². The molecule has 1 aromatic carbocycles. The number of alkyl halides is 1. The van der Waals surface area contributed by atoms with Gasteiger partial charge in [0.25, 0.3) is 5.91 Å². The average molecular weight is 720 g/mol. The standard InChI is InChI=1S/C38H62FN5O7/c1-9-25(4)32(43(6)35(46)31(24(2)3)42-37(49)38(39)18-19-40-23-38)30(50-7)17-21-44-20-13-16-29(44)33(51-8)26(5)34(45)41-28(36(47)48)22-27-14-11-10-12-15-27/h10-12,14-15,24-26,28-33,40H,9,13,16-23H2,1-8H3,(H,41,45)(H,42,49)(H,47,48). The van der Waals surface area contributed by atoms with Crippen LogP contribution in [0.1, 0.15) is 72.3 Å². The Bertz CT molecular complexity index is 1280. The molecule has 4 N–H and O–H groups in total. The first kappa shape index (κ1) is 42.3. The van der Waals surface area contributed by atoms with Crippen molar-refractivity contribution in [3.05, 3.63) is 35.9 Å². The smallest absolute Gasteiger partial charge is 0.326 e. The second-order valence-electron chi connectivity index (χ2n) is 14.8. The van der Waals surface area contributed by atoms with Crippen molar-refractivity contribution in [1.82, 2.24) is 25.8 Å². The number of halogens is 1. The van der Waals surface area contributed by atoms with Gasteiger partial charge in [-0.05, 0) is 49.8 Å². The number of amides is 3. The zero-order chi connectivity index (χ0) is 37.9. The number of likely N-dealkylation sites (N-methyl/N-ethyl adjacent to an activating group) is 1. The van der Waals surface area contributed by atoms with E-state index in [1.54, 1.807) is 33.1 Å². The van der Waals surface area contributed by atoms with E-state index in [1.807, 2.05) is 44.2 Å². The molecule has 2 fully saturated rings. The van der Waals surface area contributed by atoms with Crippen LogP contribution in [-0.4, -0.2) is 128 Å². The number of methoxy groups -OCH3 is 2. The quantitative estimate of drug-likeness (QED) is 0.160. The van der Waals surface area contributed by atoms with Crippen LogP contribution in [0, 0.1) is 17.8 Å². The largest absolute Gasteiger partial charge is 0.480 e. The summed E-state index contributed by atoms with van der Waals surface area (Å²) in [5.41, 5.74) is -1.22. The number of hydrogen-bond acceptors (Lipinski definition) is 8. The Morgan fingerprint density at radius 1 is 1.10 bits per heavy atom. The normalized spacial score (nSPS) is 23.5. The number of nitrogens with zero attached hydrogens (tertiary/aromatic N) is 2. The van der Waals surface area contributed by atoms with Gasteiger partial charge in [-0.2, -0.15) is 0 Å². The summed E-state index contributed by atoms with van der Waals surface area (Å²) in [5.74, 6) is -3.34. The van der Waals surface area contributed by atoms with Gasteiger partial charge in [0.1, 0.15) is 12.1 Å². The van der Waals surface area contributed by atoms with E-state index in [2.05, 4.69) is 34.7 Å². The predicted molar refractivity (Wildman–Crippen MR) is 194 cm³/mol. The second-order valence-corrected chi connectivity index (χ2v) is 14.8. The van der Waals surface area contributed by atoms with E-state index in [1.165, 1.54) is 0 Å². The number of carboxylic acid groups (broad SMARTS) is 1. The number of carbonyl (C=O) groups excluding carboxylic acids is 3. The molecule has 0 aromatic heterocycles. The summed E-state index contributed by atoms with van der Waals surface area (Å²) in [6, 6.07) is 6.84. The molecule has 3 rings (SSSR count). The van der Waals surface area contributed by atoms with E-state index in [0.29, 0.717) is 19.5 Å². The number of benzene rings is 1. The molecule has 3 amide bonds. The molecule has 0 spiro atoms. The number of hydrogen-bond donors (Lipinski definition) is 4. The summed E-state index contributed by atoms with van der Waals surface area (Å²) in [4.78, 5) is 56.5. The second kappa shape index (κ2) is 19.6. The number of aliphatic carboxylic acids is 1. The van der Waals surface area contributed by atoms with Crippen molar-refractivity contribution in [2.45, 2.75) is 115 Å². The molecule has 1 aromatic rings. The molecule has 51 heavy (non-hydrogen) atoms. The highest BCUT2D eigenvalue weighted by molar-refractivity contribution is 5.92. The zero-order valence-electron chi connectivity index (χ0n) is 31.8. The van der Waals surface area contributed by atoms with Crippen LogP contribution in [0.25, 0.3) is 0 Å². The number of likely N-dealkylation sites (tertiary alicyclic amines) is 1. The Hall–Kier alpha value is -3.13. The topological polar surface area (TPSA) is 150 Å². The molecule has 13 heteroatoms. The van der Waals surface area contributed by atoms with Gasteiger partial charge in [0.15, 0.2) is 0 Å². The fraction of sp³-hybridized carbons (Fsp3) is 0.737. The van der Waals surface area contributed by atoms with Gasteiger partial charge in [0.05, 0.1) is 24.2 Å².